The third-order valence-electron chi connectivity index (χ3n) is 2.60. The van der Waals surface area contributed by atoms with Crippen molar-refractivity contribution >= 4 is 11.5 Å². The summed E-state index contributed by atoms with van der Waals surface area (Å²) < 4.78 is 5.39. The molecular formula is C11H18N4O. The lowest BCUT2D eigenvalue weighted by molar-refractivity contribution is 0.329. The van der Waals surface area contributed by atoms with Crippen LogP contribution >= 0.6 is 0 Å². The zero-order valence-corrected chi connectivity index (χ0v) is 9.57. The lowest BCUT2D eigenvalue weighted by Crippen LogP contribution is -2.43. The molecule has 0 spiro atoms. The maximum Gasteiger partial charge on any atom is 0.239 e. The van der Waals surface area contributed by atoms with Gasteiger partial charge in [0, 0.05) is 26.2 Å². The molecule has 2 rings (SSSR count). The van der Waals surface area contributed by atoms with Crippen molar-refractivity contribution in [1.82, 2.24) is 10.3 Å². The maximum absolute atomic E-state index is 5.79. The van der Waals surface area contributed by atoms with E-state index in [4.69, 9.17) is 10.5 Å². The quantitative estimate of drug-likeness (QED) is 0.778. The molecule has 1 aliphatic rings. The number of aromatic nitrogens is 1. The average Bonchev–Trinajstić information content (AvgIpc) is 2.33. The molecule has 5 heteroatoms. The summed E-state index contributed by atoms with van der Waals surface area (Å²) in [5.74, 6) is 1.48. The summed E-state index contributed by atoms with van der Waals surface area (Å²) in [6.07, 6.45) is 0. The fourth-order valence-corrected chi connectivity index (χ4v) is 1.76. The van der Waals surface area contributed by atoms with Gasteiger partial charge in [0.1, 0.15) is 5.82 Å². The van der Waals surface area contributed by atoms with E-state index in [1.54, 1.807) is 0 Å². The highest BCUT2D eigenvalue weighted by molar-refractivity contribution is 5.54. The van der Waals surface area contributed by atoms with Crippen LogP contribution in [0.5, 0.6) is 5.88 Å². The van der Waals surface area contributed by atoms with Crippen molar-refractivity contribution in [2.75, 3.05) is 43.4 Å². The number of rotatable bonds is 3. The SMILES string of the molecule is CCOc1nc(N2CCNCC2)ccc1N. The van der Waals surface area contributed by atoms with Gasteiger partial charge in [0.15, 0.2) is 0 Å². The predicted octanol–water partition coefficient (Wildman–Crippen LogP) is 0.472. The fourth-order valence-electron chi connectivity index (χ4n) is 1.76. The molecule has 1 aliphatic heterocycles. The van der Waals surface area contributed by atoms with Crippen molar-refractivity contribution in [3.05, 3.63) is 12.1 Å². The predicted molar refractivity (Wildman–Crippen MR) is 64.9 cm³/mol. The topological polar surface area (TPSA) is 63.4 Å². The number of piperazine rings is 1. The normalized spacial score (nSPS) is 16.2. The van der Waals surface area contributed by atoms with Gasteiger partial charge in [-0.1, -0.05) is 0 Å². The van der Waals surface area contributed by atoms with Crippen molar-refractivity contribution in [3.8, 4) is 5.88 Å². The number of nitrogen functional groups attached to an aromatic ring is 1. The van der Waals surface area contributed by atoms with Gasteiger partial charge in [0.05, 0.1) is 12.3 Å². The van der Waals surface area contributed by atoms with Crippen LogP contribution in [0.3, 0.4) is 0 Å². The number of ether oxygens (including phenoxy) is 1. The first kappa shape index (κ1) is 11.0. The molecule has 1 aromatic heterocycles. The van der Waals surface area contributed by atoms with Gasteiger partial charge in [-0.2, -0.15) is 4.98 Å². The first-order valence-electron chi connectivity index (χ1n) is 5.66. The molecule has 0 radical (unpaired) electrons. The lowest BCUT2D eigenvalue weighted by atomic mass is 10.3. The summed E-state index contributed by atoms with van der Waals surface area (Å²) in [7, 11) is 0. The zero-order chi connectivity index (χ0) is 11.4. The number of nitrogens with one attached hydrogen (secondary N) is 1. The molecule has 0 amide bonds. The Hall–Kier alpha value is -1.49. The van der Waals surface area contributed by atoms with Crippen LogP contribution in [0.25, 0.3) is 0 Å². The Labute approximate surface area is 95.6 Å². The Morgan fingerprint density at radius 2 is 2.19 bits per heavy atom. The van der Waals surface area contributed by atoms with Crippen LogP contribution in [0, 0.1) is 0 Å². The van der Waals surface area contributed by atoms with Gasteiger partial charge in [-0.15, -0.1) is 0 Å². The average molecular weight is 222 g/mol. The molecule has 0 aromatic carbocycles. The number of anilines is 2. The van der Waals surface area contributed by atoms with Crippen molar-refractivity contribution in [2.45, 2.75) is 6.92 Å². The van der Waals surface area contributed by atoms with E-state index in [2.05, 4.69) is 15.2 Å². The highest BCUT2D eigenvalue weighted by Gasteiger charge is 2.13. The standard InChI is InChI=1S/C11H18N4O/c1-2-16-11-9(12)3-4-10(14-11)15-7-5-13-6-8-15/h3-4,13H,2,5-8,12H2,1H3. The van der Waals surface area contributed by atoms with Crippen LogP contribution in [0.2, 0.25) is 0 Å². The summed E-state index contributed by atoms with van der Waals surface area (Å²) in [4.78, 5) is 6.67. The zero-order valence-electron chi connectivity index (χ0n) is 9.57. The molecule has 2 heterocycles. The van der Waals surface area contributed by atoms with Gasteiger partial charge in [-0.05, 0) is 19.1 Å². The highest BCUT2D eigenvalue weighted by atomic mass is 16.5. The summed E-state index contributed by atoms with van der Waals surface area (Å²) in [6.45, 7) is 6.46. The minimum atomic E-state index is 0.540. The third-order valence-corrected chi connectivity index (χ3v) is 2.60. The molecule has 88 valence electrons. The molecule has 0 atom stereocenters. The summed E-state index contributed by atoms with van der Waals surface area (Å²) in [6, 6.07) is 3.80. The van der Waals surface area contributed by atoms with E-state index in [0.29, 0.717) is 18.2 Å². The van der Waals surface area contributed by atoms with E-state index < -0.39 is 0 Å². The largest absolute Gasteiger partial charge is 0.476 e. The first-order chi connectivity index (χ1) is 7.81. The number of nitrogens with two attached hydrogens (primary N) is 1. The summed E-state index contributed by atoms with van der Waals surface area (Å²) in [5, 5.41) is 3.31. The molecule has 0 aliphatic carbocycles. The first-order valence-corrected chi connectivity index (χ1v) is 5.66. The van der Waals surface area contributed by atoms with Gasteiger partial charge >= 0.3 is 0 Å². The molecule has 3 N–H and O–H groups in total. The van der Waals surface area contributed by atoms with E-state index in [9.17, 15) is 0 Å². The van der Waals surface area contributed by atoms with Gasteiger partial charge in [-0.25, -0.2) is 0 Å². The number of nitrogens with zero attached hydrogens (tertiary/aromatic N) is 2. The molecule has 1 saturated heterocycles. The summed E-state index contributed by atoms with van der Waals surface area (Å²) >= 11 is 0. The number of hydrogen-bond acceptors (Lipinski definition) is 5. The number of pyridine rings is 1. The van der Waals surface area contributed by atoms with Gasteiger partial charge in [-0.3, -0.25) is 0 Å². The van der Waals surface area contributed by atoms with Crippen LogP contribution in [0.1, 0.15) is 6.92 Å². The molecule has 0 saturated carbocycles. The van der Waals surface area contributed by atoms with Crippen molar-refractivity contribution < 1.29 is 4.74 Å². The Morgan fingerprint density at radius 3 is 2.88 bits per heavy atom. The molecular weight excluding hydrogens is 204 g/mol. The van der Waals surface area contributed by atoms with Gasteiger partial charge in [0.2, 0.25) is 5.88 Å². The second-order valence-electron chi connectivity index (χ2n) is 3.73. The molecule has 16 heavy (non-hydrogen) atoms. The Balaban J connectivity index is 2.17. The van der Waals surface area contributed by atoms with Crippen LogP contribution in [0.4, 0.5) is 11.5 Å². The van der Waals surface area contributed by atoms with Crippen molar-refractivity contribution in [1.29, 1.82) is 0 Å². The Bertz CT molecular complexity index is 350. The third kappa shape index (κ3) is 2.36. The van der Waals surface area contributed by atoms with Gasteiger partial charge in [0.25, 0.3) is 0 Å². The van der Waals surface area contributed by atoms with Crippen molar-refractivity contribution in [3.63, 3.8) is 0 Å². The second-order valence-corrected chi connectivity index (χ2v) is 3.73. The summed E-state index contributed by atoms with van der Waals surface area (Å²) in [5.41, 5.74) is 6.38. The van der Waals surface area contributed by atoms with Crippen molar-refractivity contribution in [2.24, 2.45) is 0 Å². The molecule has 5 nitrogen and oxygen atoms in total. The highest BCUT2D eigenvalue weighted by Crippen LogP contribution is 2.23. The minimum Gasteiger partial charge on any atom is -0.476 e. The van der Waals surface area contributed by atoms with E-state index in [-0.39, 0.29) is 0 Å². The molecule has 0 bridgehead atoms. The van der Waals surface area contributed by atoms with Crippen LogP contribution in [0.15, 0.2) is 12.1 Å². The fraction of sp³-hybridized carbons (Fsp3) is 0.545. The Kier molecular flexibility index (Phi) is 3.46. The number of hydrogen-bond donors (Lipinski definition) is 2. The monoisotopic (exact) mass is 222 g/mol. The van der Waals surface area contributed by atoms with E-state index in [1.165, 1.54) is 0 Å². The van der Waals surface area contributed by atoms with Crippen LogP contribution in [-0.4, -0.2) is 37.8 Å². The smallest absolute Gasteiger partial charge is 0.239 e. The molecule has 1 aromatic rings. The Morgan fingerprint density at radius 1 is 1.44 bits per heavy atom. The van der Waals surface area contributed by atoms with Crippen LogP contribution < -0.4 is 20.7 Å². The van der Waals surface area contributed by atoms with E-state index in [0.717, 1.165) is 32.0 Å². The molecule has 0 unspecified atom stereocenters. The molecule has 1 fully saturated rings. The van der Waals surface area contributed by atoms with E-state index in [1.807, 2.05) is 19.1 Å². The minimum absolute atomic E-state index is 0.540. The van der Waals surface area contributed by atoms with Gasteiger partial charge < -0.3 is 20.7 Å². The second kappa shape index (κ2) is 5.03. The maximum atomic E-state index is 5.79. The lowest BCUT2D eigenvalue weighted by Gasteiger charge is -2.28. The van der Waals surface area contributed by atoms with Crippen LogP contribution in [-0.2, 0) is 0 Å². The van der Waals surface area contributed by atoms with E-state index >= 15 is 0 Å².